The first-order valence-corrected chi connectivity index (χ1v) is 5.64. The van der Waals surface area contributed by atoms with E-state index in [4.69, 9.17) is 9.84 Å². The number of pyridine rings is 1. The van der Waals surface area contributed by atoms with E-state index in [0.717, 1.165) is 12.1 Å². The molecule has 0 amide bonds. The normalized spacial score (nSPS) is 14.8. The molecule has 1 rings (SSSR count). The zero-order valence-electron chi connectivity index (χ0n) is 10.5. The quantitative estimate of drug-likeness (QED) is 0.898. The second-order valence-electron chi connectivity index (χ2n) is 4.27. The molecule has 0 spiro atoms. The summed E-state index contributed by atoms with van der Waals surface area (Å²) in [6, 6.07) is 1.82. The molecule has 1 aromatic heterocycles. The Kier molecular flexibility index (Phi) is 4.39. The van der Waals surface area contributed by atoms with Crippen LogP contribution in [0.1, 0.15) is 32.3 Å². The number of aliphatic carboxylic acids is 1. The van der Waals surface area contributed by atoms with E-state index in [1.165, 1.54) is 6.92 Å². The van der Waals surface area contributed by atoms with Crippen molar-refractivity contribution in [2.24, 2.45) is 0 Å². The minimum absolute atomic E-state index is 0.147. The van der Waals surface area contributed by atoms with Crippen LogP contribution in [0.5, 0.6) is 5.88 Å². The molecule has 0 aromatic carbocycles. The zero-order chi connectivity index (χ0) is 14.7. The van der Waals surface area contributed by atoms with Crippen molar-refractivity contribution in [2.75, 3.05) is 0 Å². The molecule has 0 bridgehead atoms. The van der Waals surface area contributed by atoms with Gasteiger partial charge >= 0.3 is 12.1 Å². The molecule has 1 unspecified atom stereocenters. The maximum Gasteiger partial charge on any atom is 0.417 e. The summed E-state index contributed by atoms with van der Waals surface area (Å²) >= 11 is 0. The van der Waals surface area contributed by atoms with Gasteiger partial charge in [0.25, 0.3) is 0 Å². The lowest BCUT2D eigenvalue weighted by molar-refractivity contribution is -0.154. The fourth-order valence-corrected chi connectivity index (χ4v) is 1.52. The van der Waals surface area contributed by atoms with E-state index in [0.29, 0.717) is 12.6 Å². The summed E-state index contributed by atoms with van der Waals surface area (Å²) in [6.45, 7) is 3.14. The number of halogens is 3. The predicted octanol–water partition coefficient (Wildman–Crippen LogP) is 3.12. The van der Waals surface area contributed by atoms with Crippen LogP contribution in [0, 0.1) is 0 Å². The minimum Gasteiger partial charge on any atom is -0.478 e. The lowest BCUT2D eigenvalue weighted by Gasteiger charge is -2.25. The molecule has 1 N–H and O–H groups in total. The van der Waals surface area contributed by atoms with E-state index in [1.807, 2.05) is 0 Å². The van der Waals surface area contributed by atoms with Crippen molar-refractivity contribution in [3.05, 3.63) is 23.9 Å². The molecule has 7 heteroatoms. The summed E-state index contributed by atoms with van der Waals surface area (Å²) in [5.41, 5.74) is -2.41. The minimum atomic E-state index is -4.48. The number of ether oxygens (including phenoxy) is 1. The van der Waals surface area contributed by atoms with Gasteiger partial charge < -0.3 is 9.84 Å². The third-order valence-electron chi connectivity index (χ3n) is 2.57. The Hall–Kier alpha value is -1.79. The Morgan fingerprint density at radius 2 is 2.05 bits per heavy atom. The van der Waals surface area contributed by atoms with Gasteiger partial charge in [-0.25, -0.2) is 9.78 Å². The van der Waals surface area contributed by atoms with Gasteiger partial charge in [0.2, 0.25) is 11.5 Å². The molecular weight excluding hydrogens is 263 g/mol. The van der Waals surface area contributed by atoms with Crippen molar-refractivity contribution in [1.29, 1.82) is 0 Å². The lowest BCUT2D eigenvalue weighted by atomic mass is 10.0. The number of carbonyl (C=O) groups is 1. The molecule has 1 atom stereocenters. The Morgan fingerprint density at radius 1 is 1.42 bits per heavy atom. The first kappa shape index (κ1) is 15.3. The van der Waals surface area contributed by atoms with Crippen LogP contribution in [-0.2, 0) is 11.0 Å². The number of carboxylic acids is 1. The summed E-state index contributed by atoms with van der Waals surface area (Å²) in [6.07, 6.45) is -3.08. The lowest BCUT2D eigenvalue weighted by Crippen LogP contribution is -2.41. The monoisotopic (exact) mass is 277 g/mol. The van der Waals surface area contributed by atoms with Crippen LogP contribution >= 0.6 is 0 Å². The highest BCUT2D eigenvalue weighted by Crippen LogP contribution is 2.30. The van der Waals surface area contributed by atoms with Crippen molar-refractivity contribution in [3.8, 4) is 5.88 Å². The molecule has 0 aliphatic carbocycles. The van der Waals surface area contributed by atoms with Crippen LogP contribution in [-0.4, -0.2) is 21.7 Å². The third-order valence-corrected chi connectivity index (χ3v) is 2.57. The molecule has 0 aliphatic rings. The average molecular weight is 277 g/mol. The number of hydrogen-bond acceptors (Lipinski definition) is 3. The molecular formula is C12H14F3NO3. The number of rotatable bonds is 5. The molecule has 0 saturated heterocycles. The van der Waals surface area contributed by atoms with Gasteiger partial charge in [-0.15, -0.1) is 0 Å². The highest BCUT2D eigenvalue weighted by molar-refractivity contribution is 5.77. The smallest absolute Gasteiger partial charge is 0.417 e. The summed E-state index contributed by atoms with van der Waals surface area (Å²) in [4.78, 5) is 14.6. The van der Waals surface area contributed by atoms with Gasteiger partial charge in [-0.2, -0.15) is 13.2 Å². The third kappa shape index (κ3) is 3.84. The molecule has 4 nitrogen and oxygen atoms in total. The second-order valence-corrected chi connectivity index (χ2v) is 4.27. The van der Waals surface area contributed by atoms with Gasteiger partial charge in [-0.05, 0) is 19.4 Å². The standard InChI is InChI=1S/C12H14F3NO3/c1-3-6-11(2,10(17)18)19-9-5-4-8(7-16-9)12(13,14)15/h4-5,7H,3,6H2,1-2H3,(H,17,18). The number of hydrogen-bond donors (Lipinski definition) is 1. The average Bonchev–Trinajstić information content (AvgIpc) is 2.28. The molecule has 1 aromatic rings. The van der Waals surface area contributed by atoms with Crippen LogP contribution in [0.2, 0.25) is 0 Å². The topological polar surface area (TPSA) is 59.4 Å². The molecule has 0 saturated carbocycles. The Bertz CT molecular complexity index is 445. The van der Waals surface area contributed by atoms with Crippen LogP contribution < -0.4 is 4.74 Å². The highest BCUT2D eigenvalue weighted by Gasteiger charge is 2.36. The van der Waals surface area contributed by atoms with Crippen molar-refractivity contribution in [2.45, 2.75) is 38.5 Å². The van der Waals surface area contributed by atoms with Gasteiger partial charge in [0.15, 0.2) is 0 Å². The Morgan fingerprint density at radius 3 is 2.42 bits per heavy atom. The van der Waals surface area contributed by atoms with Crippen molar-refractivity contribution < 1.29 is 27.8 Å². The first-order valence-electron chi connectivity index (χ1n) is 5.64. The van der Waals surface area contributed by atoms with Gasteiger partial charge in [0.05, 0.1) is 5.56 Å². The number of aromatic nitrogens is 1. The van der Waals surface area contributed by atoms with Crippen LogP contribution in [0.25, 0.3) is 0 Å². The van der Waals surface area contributed by atoms with Gasteiger partial charge in [-0.1, -0.05) is 13.3 Å². The summed E-state index contributed by atoms with van der Waals surface area (Å²) < 4.78 is 42.2. The summed E-state index contributed by atoms with van der Waals surface area (Å²) in [7, 11) is 0. The van der Waals surface area contributed by atoms with Crippen molar-refractivity contribution >= 4 is 5.97 Å². The predicted molar refractivity (Wildman–Crippen MR) is 60.8 cm³/mol. The van der Waals surface area contributed by atoms with E-state index >= 15 is 0 Å². The van der Waals surface area contributed by atoms with Crippen LogP contribution in [0.4, 0.5) is 13.2 Å². The number of nitrogens with zero attached hydrogens (tertiary/aromatic N) is 1. The fourth-order valence-electron chi connectivity index (χ4n) is 1.52. The number of carboxylic acid groups (broad SMARTS) is 1. The maximum atomic E-state index is 12.3. The summed E-state index contributed by atoms with van der Waals surface area (Å²) in [5.74, 6) is -1.33. The van der Waals surface area contributed by atoms with Gasteiger partial charge in [0, 0.05) is 12.3 Å². The van der Waals surface area contributed by atoms with Gasteiger partial charge in [-0.3, -0.25) is 0 Å². The fraction of sp³-hybridized carbons (Fsp3) is 0.500. The van der Waals surface area contributed by atoms with Crippen LogP contribution in [0.15, 0.2) is 18.3 Å². The molecule has 0 radical (unpaired) electrons. The first-order chi connectivity index (χ1) is 8.69. The second kappa shape index (κ2) is 5.46. The largest absolute Gasteiger partial charge is 0.478 e. The van der Waals surface area contributed by atoms with Crippen LogP contribution in [0.3, 0.4) is 0 Å². The maximum absolute atomic E-state index is 12.3. The van der Waals surface area contributed by atoms with Crippen molar-refractivity contribution in [1.82, 2.24) is 4.98 Å². The zero-order valence-corrected chi connectivity index (χ0v) is 10.5. The van der Waals surface area contributed by atoms with E-state index in [1.54, 1.807) is 6.92 Å². The van der Waals surface area contributed by atoms with Gasteiger partial charge in [0.1, 0.15) is 0 Å². The summed E-state index contributed by atoms with van der Waals surface area (Å²) in [5, 5.41) is 9.08. The Balaban J connectivity index is 2.90. The number of alkyl halides is 3. The molecule has 19 heavy (non-hydrogen) atoms. The molecule has 1 heterocycles. The molecule has 0 aliphatic heterocycles. The Labute approximate surface area is 108 Å². The SMILES string of the molecule is CCCC(C)(Oc1ccc(C(F)(F)F)cn1)C(=O)O. The highest BCUT2D eigenvalue weighted by atomic mass is 19.4. The van der Waals surface area contributed by atoms with E-state index in [9.17, 15) is 18.0 Å². The van der Waals surface area contributed by atoms with E-state index < -0.39 is 23.3 Å². The molecule has 0 fully saturated rings. The van der Waals surface area contributed by atoms with E-state index in [2.05, 4.69) is 4.98 Å². The van der Waals surface area contributed by atoms with Crippen molar-refractivity contribution in [3.63, 3.8) is 0 Å². The molecule has 106 valence electrons. The van der Waals surface area contributed by atoms with E-state index in [-0.39, 0.29) is 12.3 Å².